The second-order valence-corrected chi connectivity index (χ2v) is 2.04. The molecule has 0 aliphatic carbocycles. The summed E-state index contributed by atoms with van der Waals surface area (Å²) < 4.78 is 0. The Morgan fingerprint density at radius 2 is 2.08 bits per heavy atom. The summed E-state index contributed by atoms with van der Waals surface area (Å²) >= 11 is 0. The Kier molecular flexibility index (Phi) is 6.76. The van der Waals surface area contributed by atoms with E-state index in [-0.39, 0.29) is 65.4 Å². The van der Waals surface area contributed by atoms with Gasteiger partial charge in [-0.3, -0.25) is 6.07 Å². The number of hydrogen-bond acceptors (Lipinski definition) is 1. The molecule has 54 valence electrons. The summed E-state index contributed by atoms with van der Waals surface area (Å²) in [6.45, 7) is 0. The Morgan fingerprint density at radius 3 is 2.83 bits per heavy atom. The van der Waals surface area contributed by atoms with Crippen LogP contribution in [-0.4, -0.2) is 4.98 Å². The summed E-state index contributed by atoms with van der Waals surface area (Å²) in [5, 5.41) is 1.04. The van der Waals surface area contributed by atoms with Crippen LogP contribution in [0.1, 0.15) is 0 Å². The molecule has 0 aliphatic rings. The molecule has 2 aromatic rings. The molecule has 0 amide bonds. The number of hydrogen-bond donors (Lipinski definition) is 0. The number of nitrogens with zero attached hydrogens (tertiary/aromatic N) is 1. The molecule has 0 N–H and O–H groups in total. The molecule has 0 fully saturated rings. The van der Waals surface area contributed by atoms with E-state index in [0.29, 0.717) is 0 Å². The van der Waals surface area contributed by atoms with Crippen LogP contribution < -0.4 is 0 Å². The normalized spacial score (nSPS) is 8.33. The molecule has 0 spiro atoms. The van der Waals surface area contributed by atoms with Gasteiger partial charge in [-0.25, -0.2) is 5.39 Å². The van der Waals surface area contributed by atoms with E-state index in [1.54, 1.807) is 12.3 Å². The van der Waals surface area contributed by atoms with Gasteiger partial charge in [0.25, 0.3) is 0 Å². The average Bonchev–Trinajstić information content (AvgIpc) is 2.05. The third-order valence-corrected chi connectivity index (χ3v) is 1.37. The van der Waals surface area contributed by atoms with Gasteiger partial charge in [-0.05, 0) is 12.3 Å². The summed E-state index contributed by atoms with van der Waals surface area (Å²) in [4.78, 5) is 4.12. The minimum Gasteiger partial charge on any atom is -0.384 e. The van der Waals surface area contributed by atoms with Crippen LogP contribution in [0.15, 0.2) is 30.5 Å². The van der Waals surface area contributed by atoms with Gasteiger partial charge in [0.1, 0.15) is 0 Å². The predicted molar refractivity (Wildman–Crippen MR) is 39.4 cm³/mol. The first-order chi connectivity index (χ1) is 4.97. The second-order valence-electron chi connectivity index (χ2n) is 2.04. The molecule has 2 rings (SSSR count). The molecule has 0 bridgehead atoms. The number of aromatic nitrogens is 1. The van der Waals surface area contributed by atoms with Crippen LogP contribution in [0, 0.1) is 12.1 Å². The van der Waals surface area contributed by atoms with Crippen molar-refractivity contribution in [2.24, 2.45) is 0 Å². The monoisotopic (exact) mass is 305 g/mol. The van der Waals surface area contributed by atoms with E-state index < -0.39 is 0 Å². The van der Waals surface area contributed by atoms with Crippen LogP contribution in [0.4, 0.5) is 0 Å². The van der Waals surface area contributed by atoms with Crippen molar-refractivity contribution in [3.05, 3.63) is 42.6 Å². The maximum Gasteiger partial charge on any atom is 0 e. The molecule has 3 heteroatoms. The smallest absolute Gasteiger partial charge is 0 e. The van der Waals surface area contributed by atoms with Crippen LogP contribution in [0.2, 0.25) is 0 Å². The summed E-state index contributed by atoms with van der Waals surface area (Å²) in [6, 6.07) is 13.5. The number of fused-ring (bicyclic) bond motifs is 1. The Labute approximate surface area is 122 Å². The van der Waals surface area contributed by atoms with E-state index in [2.05, 4.69) is 17.1 Å². The van der Waals surface area contributed by atoms with Gasteiger partial charge >= 0.3 is 0 Å². The van der Waals surface area contributed by atoms with E-state index in [1.165, 1.54) is 0 Å². The molecule has 2 radical (unpaired) electrons. The van der Waals surface area contributed by atoms with Gasteiger partial charge in [-0.1, -0.05) is 6.07 Å². The van der Waals surface area contributed by atoms with E-state index in [1.807, 2.05) is 18.2 Å². The summed E-state index contributed by atoms with van der Waals surface area (Å²) in [5.74, 6) is 0. The fraction of sp³-hybridized carbons (Fsp3) is 0. The maximum atomic E-state index is 4.12. The van der Waals surface area contributed by atoms with E-state index in [0.717, 1.165) is 10.9 Å². The zero-order chi connectivity index (χ0) is 6.81. The fourth-order valence-corrected chi connectivity index (χ4v) is 0.895. The van der Waals surface area contributed by atoms with Crippen LogP contribution >= 0.6 is 0 Å². The summed E-state index contributed by atoms with van der Waals surface area (Å²) in [5.41, 5.74) is 0.949. The van der Waals surface area contributed by atoms with Crippen molar-refractivity contribution in [1.29, 1.82) is 0 Å². The molecular formula is C9H5NY2-2. The number of rotatable bonds is 0. The number of benzene rings is 1. The topological polar surface area (TPSA) is 12.9 Å². The largest absolute Gasteiger partial charge is 0.384 e. The third kappa shape index (κ3) is 2.96. The second kappa shape index (κ2) is 6.32. The van der Waals surface area contributed by atoms with Crippen LogP contribution in [0.3, 0.4) is 0 Å². The molecule has 0 atom stereocenters. The molecule has 1 nitrogen and oxygen atoms in total. The van der Waals surface area contributed by atoms with Gasteiger partial charge in [0.05, 0.1) is 0 Å². The van der Waals surface area contributed by atoms with Crippen molar-refractivity contribution in [3.63, 3.8) is 0 Å². The minimum atomic E-state index is 0. The predicted octanol–water partition coefficient (Wildman–Crippen LogP) is 1.83. The standard InChI is InChI=1S/C9H5N.2Y/c1-2-6-9-8(4-1)5-3-7-10-9;;/h1,3,5-7H;;/q-2;;. The van der Waals surface area contributed by atoms with E-state index in [9.17, 15) is 0 Å². The molecular weight excluding hydrogens is 300 g/mol. The molecule has 0 unspecified atom stereocenters. The summed E-state index contributed by atoms with van der Waals surface area (Å²) in [6.07, 6.45) is 1.77. The Hall–Kier alpha value is 0.838. The van der Waals surface area contributed by atoms with Crippen molar-refractivity contribution in [2.45, 2.75) is 0 Å². The average molecular weight is 305 g/mol. The Morgan fingerprint density at radius 1 is 1.25 bits per heavy atom. The van der Waals surface area contributed by atoms with Gasteiger partial charge in [0.2, 0.25) is 0 Å². The van der Waals surface area contributed by atoms with Gasteiger partial charge in [-0.15, -0.1) is 0 Å². The zero-order valence-corrected chi connectivity index (χ0v) is 12.2. The quantitative estimate of drug-likeness (QED) is 0.677. The molecule has 12 heavy (non-hydrogen) atoms. The van der Waals surface area contributed by atoms with Gasteiger partial charge in [-0.2, -0.15) is 5.52 Å². The van der Waals surface area contributed by atoms with E-state index in [4.69, 9.17) is 0 Å². The summed E-state index contributed by atoms with van der Waals surface area (Å²) in [7, 11) is 0. The number of pyridine rings is 1. The van der Waals surface area contributed by atoms with Crippen molar-refractivity contribution in [2.75, 3.05) is 0 Å². The fourth-order valence-electron chi connectivity index (χ4n) is 0.895. The van der Waals surface area contributed by atoms with Gasteiger partial charge < -0.3 is 23.2 Å². The molecule has 0 aliphatic heterocycles. The van der Waals surface area contributed by atoms with Crippen molar-refractivity contribution in [3.8, 4) is 0 Å². The maximum absolute atomic E-state index is 4.12. The SMILES string of the molecule is [Y].[Y].[c-]1c[c-]c2cccnc2c1. The molecule has 1 aromatic heterocycles. The van der Waals surface area contributed by atoms with Gasteiger partial charge in [0, 0.05) is 65.4 Å². The third-order valence-electron chi connectivity index (χ3n) is 1.37. The minimum absolute atomic E-state index is 0. The van der Waals surface area contributed by atoms with Crippen molar-refractivity contribution >= 4 is 10.9 Å². The van der Waals surface area contributed by atoms with Crippen LogP contribution in [0.25, 0.3) is 10.9 Å². The van der Waals surface area contributed by atoms with Crippen molar-refractivity contribution in [1.82, 2.24) is 4.98 Å². The van der Waals surface area contributed by atoms with Crippen LogP contribution in [-0.2, 0) is 65.4 Å². The molecule has 0 saturated carbocycles. The Balaban J connectivity index is 0.000000605. The molecule has 1 heterocycles. The van der Waals surface area contributed by atoms with E-state index >= 15 is 0 Å². The molecule has 1 aromatic carbocycles. The van der Waals surface area contributed by atoms with Gasteiger partial charge in [0.15, 0.2) is 0 Å². The zero-order valence-electron chi connectivity index (χ0n) is 6.49. The first-order valence-electron chi connectivity index (χ1n) is 3.09. The van der Waals surface area contributed by atoms with Crippen molar-refractivity contribution < 1.29 is 65.4 Å². The Bertz CT molecular complexity index is 284. The molecule has 0 saturated heterocycles. The van der Waals surface area contributed by atoms with Crippen LogP contribution in [0.5, 0.6) is 0 Å². The first-order valence-corrected chi connectivity index (χ1v) is 3.09. The first kappa shape index (κ1) is 12.8.